The smallest absolute Gasteiger partial charge is 0.303 e. The van der Waals surface area contributed by atoms with Gasteiger partial charge in [0.15, 0.2) is 0 Å². The summed E-state index contributed by atoms with van der Waals surface area (Å²) in [4.78, 5) is 10.9. The molecule has 4 nitrogen and oxygen atoms in total. The van der Waals surface area contributed by atoms with E-state index in [1.807, 2.05) is 13.8 Å². The summed E-state index contributed by atoms with van der Waals surface area (Å²) in [5.41, 5.74) is 0.341. The molecule has 2 aliphatic carbocycles. The number of rotatable bonds is 2. The molecule has 0 heterocycles. The summed E-state index contributed by atoms with van der Waals surface area (Å²) in [6.07, 6.45) is 2.93. The van der Waals surface area contributed by atoms with Gasteiger partial charge in [0.25, 0.3) is 0 Å². The Labute approximate surface area is 89.0 Å². The Balaban J connectivity index is 2.39. The highest BCUT2D eigenvalue weighted by atomic mass is 16.4. The fraction of sp³-hybridized carbons (Fsp3) is 0.818. The summed E-state index contributed by atoms with van der Waals surface area (Å²) in [5.74, 6) is -0.390. The van der Waals surface area contributed by atoms with Gasteiger partial charge in [-0.05, 0) is 30.6 Å². The van der Waals surface area contributed by atoms with Gasteiger partial charge < -0.3 is 10.3 Å². The molecule has 0 unspecified atom stereocenters. The van der Waals surface area contributed by atoms with Gasteiger partial charge in [0.05, 0.1) is 12.1 Å². The van der Waals surface area contributed by atoms with Crippen molar-refractivity contribution in [2.45, 2.75) is 39.5 Å². The van der Waals surface area contributed by atoms with Gasteiger partial charge in [-0.3, -0.25) is 4.79 Å². The topological polar surface area (TPSA) is 69.9 Å². The van der Waals surface area contributed by atoms with Gasteiger partial charge in [-0.15, -0.1) is 0 Å². The Morgan fingerprint density at radius 1 is 1.60 bits per heavy atom. The number of nitrogens with zero attached hydrogens (tertiary/aromatic N) is 1. The first-order chi connectivity index (χ1) is 6.94. The Morgan fingerprint density at radius 3 is 2.73 bits per heavy atom. The van der Waals surface area contributed by atoms with Crippen molar-refractivity contribution in [2.75, 3.05) is 0 Å². The Hall–Kier alpha value is -1.06. The van der Waals surface area contributed by atoms with Crippen LogP contribution in [-0.4, -0.2) is 22.0 Å². The van der Waals surface area contributed by atoms with Crippen molar-refractivity contribution in [3.63, 3.8) is 0 Å². The number of aliphatic carboxylic acids is 1. The lowest BCUT2D eigenvalue weighted by Gasteiger charge is -2.36. The van der Waals surface area contributed by atoms with E-state index in [-0.39, 0.29) is 17.3 Å². The molecule has 0 spiro atoms. The first-order valence-corrected chi connectivity index (χ1v) is 5.37. The van der Waals surface area contributed by atoms with Crippen LogP contribution in [0, 0.1) is 16.7 Å². The van der Waals surface area contributed by atoms with Gasteiger partial charge in [-0.1, -0.05) is 19.0 Å². The second-order valence-electron chi connectivity index (χ2n) is 5.31. The van der Waals surface area contributed by atoms with Crippen LogP contribution in [0.4, 0.5) is 0 Å². The van der Waals surface area contributed by atoms with Crippen LogP contribution in [0.25, 0.3) is 0 Å². The lowest BCUT2D eigenvalue weighted by atomic mass is 9.67. The standard InChI is InChI=1S/C11H17NO3/c1-10-4-3-7(5-8(10)12-15)11(10,2)6-9(13)14/h7,15H,3-6H2,1-2H3,(H,13,14)/b12-8-/t7-,10+,11-/m1/s1. The molecule has 0 aromatic carbocycles. The van der Waals surface area contributed by atoms with Crippen molar-refractivity contribution < 1.29 is 15.1 Å². The molecule has 4 heteroatoms. The molecular formula is C11H17NO3. The van der Waals surface area contributed by atoms with Crippen LogP contribution in [0.1, 0.15) is 39.5 Å². The van der Waals surface area contributed by atoms with Gasteiger partial charge in [0.1, 0.15) is 0 Å². The van der Waals surface area contributed by atoms with Crippen molar-refractivity contribution >= 4 is 11.7 Å². The first kappa shape index (κ1) is 10.5. The normalized spacial score (nSPS) is 46.3. The van der Waals surface area contributed by atoms with E-state index >= 15 is 0 Å². The van der Waals surface area contributed by atoms with E-state index in [2.05, 4.69) is 5.16 Å². The average Bonchev–Trinajstić information content (AvgIpc) is 2.49. The summed E-state index contributed by atoms with van der Waals surface area (Å²) in [6, 6.07) is 0. The van der Waals surface area contributed by atoms with Crippen molar-refractivity contribution in [2.24, 2.45) is 21.9 Å². The molecule has 0 aliphatic heterocycles. The highest BCUT2D eigenvalue weighted by Crippen LogP contribution is 2.65. The van der Waals surface area contributed by atoms with E-state index in [1.165, 1.54) is 0 Å². The molecule has 0 aromatic rings. The van der Waals surface area contributed by atoms with Crippen LogP contribution in [0.15, 0.2) is 5.16 Å². The third-order valence-corrected chi connectivity index (χ3v) is 4.87. The van der Waals surface area contributed by atoms with Crippen LogP contribution >= 0.6 is 0 Å². The minimum atomic E-state index is -0.755. The molecule has 0 aromatic heterocycles. The zero-order valence-electron chi connectivity index (χ0n) is 9.16. The Morgan fingerprint density at radius 2 is 2.27 bits per heavy atom. The fourth-order valence-electron chi connectivity index (χ4n) is 3.58. The third-order valence-electron chi connectivity index (χ3n) is 4.87. The molecule has 0 saturated heterocycles. The monoisotopic (exact) mass is 211 g/mol. The van der Waals surface area contributed by atoms with E-state index in [0.29, 0.717) is 5.92 Å². The van der Waals surface area contributed by atoms with E-state index in [4.69, 9.17) is 10.3 Å². The molecule has 84 valence electrons. The molecule has 0 radical (unpaired) electrons. The van der Waals surface area contributed by atoms with E-state index < -0.39 is 5.97 Å². The summed E-state index contributed by atoms with van der Waals surface area (Å²) in [5, 5.41) is 21.3. The maximum atomic E-state index is 10.9. The zero-order valence-corrected chi connectivity index (χ0v) is 9.16. The van der Waals surface area contributed by atoms with E-state index in [9.17, 15) is 4.79 Å². The number of carboxylic acids is 1. The predicted molar refractivity (Wildman–Crippen MR) is 55.0 cm³/mol. The fourth-order valence-corrected chi connectivity index (χ4v) is 3.58. The van der Waals surface area contributed by atoms with Crippen LogP contribution in [0.2, 0.25) is 0 Å². The van der Waals surface area contributed by atoms with Gasteiger partial charge in [-0.25, -0.2) is 0 Å². The van der Waals surface area contributed by atoms with Crippen molar-refractivity contribution in [3.05, 3.63) is 0 Å². The minimum absolute atomic E-state index is 0.174. The second kappa shape index (κ2) is 2.97. The van der Waals surface area contributed by atoms with Crippen LogP contribution in [0.3, 0.4) is 0 Å². The van der Waals surface area contributed by atoms with Gasteiger partial charge in [0.2, 0.25) is 0 Å². The Bertz CT molecular complexity index is 339. The molecule has 2 fully saturated rings. The molecule has 3 atom stereocenters. The van der Waals surface area contributed by atoms with E-state index in [1.54, 1.807) is 0 Å². The molecule has 2 N–H and O–H groups in total. The van der Waals surface area contributed by atoms with Crippen molar-refractivity contribution in [1.29, 1.82) is 0 Å². The van der Waals surface area contributed by atoms with Crippen LogP contribution < -0.4 is 0 Å². The number of carboxylic acid groups (broad SMARTS) is 1. The average molecular weight is 211 g/mol. The molecule has 2 bridgehead atoms. The third kappa shape index (κ3) is 1.13. The van der Waals surface area contributed by atoms with E-state index in [0.717, 1.165) is 25.0 Å². The molecule has 0 amide bonds. The highest BCUT2D eigenvalue weighted by molar-refractivity contribution is 5.94. The van der Waals surface area contributed by atoms with Crippen molar-refractivity contribution in [1.82, 2.24) is 0 Å². The lowest BCUT2D eigenvalue weighted by Crippen LogP contribution is -2.36. The summed E-state index contributed by atoms with van der Waals surface area (Å²) >= 11 is 0. The summed E-state index contributed by atoms with van der Waals surface area (Å²) in [7, 11) is 0. The quantitative estimate of drug-likeness (QED) is 0.543. The summed E-state index contributed by atoms with van der Waals surface area (Å²) < 4.78 is 0. The molecular weight excluding hydrogens is 194 g/mol. The van der Waals surface area contributed by atoms with Crippen LogP contribution in [0.5, 0.6) is 0 Å². The second-order valence-corrected chi connectivity index (χ2v) is 5.31. The zero-order chi connectivity index (χ0) is 11.3. The number of fused-ring (bicyclic) bond motifs is 2. The molecule has 2 saturated carbocycles. The summed E-state index contributed by atoms with van der Waals surface area (Å²) in [6.45, 7) is 4.06. The Kier molecular flexibility index (Phi) is 2.07. The SMILES string of the molecule is C[C@]12CC[C@H](C/C1=N/O)[C@@]2(C)CC(=O)O. The lowest BCUT2D eigenvalue weighted by molar-refractivity contribution is -0.141. The first-order valence-electron chi connectivity index (χ1n) is 5.37. The molecule has 2 aliphatic rings. The van der Waals surface area contributed by atoms with Gasteiger partial charge in [0, 0.05) is 5.41 Å². The van der Waals surface area contributed by atoms with Crippen molar-refractivity contribution in [3.8, 4) is 0 Å². The maximum absolute atomic E-state index is 10.9. The number of hydrogen-bond acceptors (Lipinski definition) is 3. The van der Waals surface area contributed by atoms with Gasteiger partial charge in [-0.2, -0.15) is 0 Å². The molecule has 15 heavy (non-hydrogen) atoms. The number of carbonyl (C=O) groups is 1. The van der Waals surface area contributed by atoms with Crippen LogP contribution in [-0.2, 0) is 4.79 Å². The number of oxime groups is 1. The van der Waals surface area contributed by atoms with Gasteiger partial charge >= 0.3 is 5.97 Å². The maximum Gasteiger partial charge on any atom is 0.303 e. The number of hydrogen-bond donors (Lipinski definition) is 2. The minimum Gasteiger partial charge on any atom is -0.481 e. The molecule has 2 rings (SSSR count). The largest absolute Gasteiger partial charge is 0.481 e. The highest BCUT2D eigenvalue weighted by Gasteiger charge is 2.63. The predicted octanol–water partition coefficient (Wildman–Crippen LogP) is 2.12.